The lowest BCUT2D eigenvalue weighted by atomic mass is 10.4. The third-order valence-corrected chi connectivity index (χ3v) is 1.75. The molecule has 1 N–H and O–H groups in total. The van der Waals surface area contributed by atoms with Crippen LogP contribution in [0.3, 0.4) is 0 Å². The van der Waals surface area contributed by atoms with Crippen molar-refractivity contribution in [1.29, 1.82) is 0 Å². The van der Waals surface area contributed by atoms with Gasteiger partial charge < -0.3 is 5.11 Å². The topological polar surface area (TPSA) is 71.8 Å². The Kier molecular flexibility index (Phi) is 4.88. The molecule has 0 spiro atoms. The van der Waals surface area contributed by atoms with Crippen molar-refractivity contribution >= 4 is 23.2 Å². The molecule has 2 aromatic heterocycles. The van der Waals surface area contributed by atoms with Crippen molar-refractivity contribution in [2.24, 2.45) is 0 Å². The van der Waals surface area contributed by atoms with Crippen LogP contribution in [0.5, 0.6) is 5.75 Å². The molecule has 0 fully saturated rings. The highest BCUT2D eigenvalue weighted by Crippen LogP contribution is 2.04. The second-order valence-electron chi connectivity index (χ2n) is 2.74. The first kappa shape index (κ1) is 12.6. The molecule has 0 radical (unpaired) electrons. The average molecular weight is 259 g/mol. The maximum atomic E-state index is 8.57. The Morgan fingerprint density at radius 3 is 1.56 bits per heavy atom. The molecule has 0 unspecified atom stereocenters. The highest BCUT2D eigenvalue weighted by atomic mass is 35.5. The van der Waals surface area contributed by atoms with E-state index in [9.17, 15) is 0 Å². The molecule has 2 aromatic rings. The van der Waals surface area contributed by atoms with Crippen LogP contribution in [0.1, 0.15) is 5.56 Å². The predicted molar refractivity (Wildman–Crippen MR) is 60.5 cm³/mol. The van der Waals surface area contributed by atoms with E-state index in [0.29, 0.717) is 5.28 Å². The highest BCUT2D eigenvalue weighted by molar-refractivity contribution is 6.28. The van der Waals surface area contributed by atoms with Crippen LogP contribution in [-0.2, 0) is 0 Å². The van der Waals surface area contributed by atoms with E-state index in [-0.39, 0.29) is 11.0 Å². The largest absolute Gasteiger partial charge is 0.505 e. The van der Waals surface area contributed by atoms with Crippen LogP contribution < -0.4 is 0 Å². The molecule has 84 valence electrons. The molecule has 5 nitrogen and oxygen atoms in total. The van der Waals surface area contributed by atoms with Gasteiger partial charge in [-0.1, -0.05) is 0 Å². The molecule has 0 atom stereocenters. The molecule has 2 rings (SSSR count). The van der Waals surface area contributed by atoms with E-state index >= 15 is 0 Å². The summed E-state index contributed by atoms with van der Waals surface area (Å²) in [5.41, 5.74) is 1.02. The van der Waals surface area contributed by atoms with E-state index in [4.69, 9.17) is 28.3 Å². The van der Waals surface area contributed by atoms with Gasteiger partial charge in [0.2, 0.25) is 10.6 Å². The van der Waals surface area contributed by atoms with Crippen LogP contribution in [-0.4, -0.2) is 25.0 Å². The fourth-order valence-corrected chi connectivity index (χ4v) is 0.877. The van der Waals surface area contributed by atoms with Gasteiger partial charge in [0.25, 0.3) is 0 Å². The van der Waals surface area contributed by atoms with Crippen molar-refractivity contribution < 1.29 is 5.11 Å². The van der Waals surface area contributed by atoms with Gasteiger partial charge >= 0.3 is 0 Å². The summed E-state index contributed by atoms with van der Waals surface area (Å²) in [6.07, 6.45) is 5.81. The Labute approximate surface area is 102 Å². The van der Waals surface area contributed by atoms with E-state index in [1.54, 1.807) is 12.4 Å². The first-order valence-electron chi connectivity index (χ1n) is 4.18. The first-order chi connectivity index (χ1) is 7.58. The van der Waals surface area contributed by atoms with Crippen LogP contribution >= 0.6 is 23.2 Å². The van der Waals surface area contributed by atoms with Crippen molar-refractivity contribution in [3.05, 3.63) is 40.9 Å². The number of aromatic hydroxyl groups is 1. The zero-order valence-corrected chi connectivity index (χ0v) is 9.81. The Hall–Kier alpha value is -1.46. The van der Waals surface area contributed by atoms with E-state index in [1.165, 1.54) is 12.4 Å². The van der Waals surface area contributed by atoms with Crippen molar-refractivity contribution in [2.45, 2.75) is 6.92 Å². The second kappa shape index (κ2) is 6.19. The van der Waals surface area contributed by atoms with Gasteiger partial charge in [-0.3, -0.25) is 0 Å². The lowest BCUT2D eigenvalue weighted by Gasteiger charge is -1.86. The summed E-state index contributed by atoms with van der Waals surface area (Å²) in [6, 6.07) is 0. The lowest BCUT2D eigenvalue weighted by Crippen LogP contribution is -1.80. The van der Waals surface area contributed by atoms with Crippen LogP contribution in [0.2, 0.25) is 10.6 Å². The van der Waals surface area contributed by atoms with Gasteiger partial charge in [-0.15, -0.1) is 0 Å². The molecule has 2 heterocycles. The smallest absolute Gasteiger partial charge is 0.222 e. The van der Waals surface area contributed by atoms with Gasteiger partial charge in [-0.25, -0.2) is 19.9 Å². The summed E-state index contributed by atoms with van der Waals surface area (Å²) in [7, 11) is 0. The van der Waals surface area contributed by atoms with E-state index in [0.717, 1.165) is 5.56 Å². The standard InChI is InChI=1S/C5H5ClN2.C4H3ClN2O/c1-4-2-7-5(6)8-3-4;5-4-6-1-3(8)2-7-4/h2-3H,1H3;1-2,8H. The zero-order valence-electron chi connectivity index (χ0n) is 8.30. The minimum Gasteiger partial charge on any atom is -0.505 e. The van der Waals surface area contributed by atoms with Crippen molar-refractivity contribution in [3.8, 4) is 5.75 Å². The van der Waals surface area contributed by atoms with Gasteiger partial charge in [0.15, 0.2) is 5.75 Å². The Bertz CT molecular complexity index is 347. The fraction of sp³-hybridized carbons (Fsp3) is 0.111. The van der Waals surface area contributed by atoms with Gasteiger partial charge in [-0.05, 0) is 35.7 Å². The number of rotatable bonds is 0. The average Bonchev–Trinajstić information content (AvgIpc) is 2.28. The normalized spacial score (nSPS) is 9.19. The molecule has 16 heavy (non-hydrogen) atoms. The van der Waals surface area contributed by atoms with Gasteiger partial charge in [0.1, 0.15) is 0 Å². The Balaban J connectivity index is 0.000000160. The fourth-order valence-electron chi connectivity index (χ4n) is 0.682. The maximum Gasteiger partial charge on any atom is 0.222 e. The lowest BCUT2D eigenvalue weighted by molar-refractivity contribution is 0.469. The highest BCUT2D eigenvalue weighted by Gasteiger charge is 1.87. The summed E-state index contributed by atoms with van der Waals surface area (Å²) in [6.45, 7) is 1.91. The molecule has 0 aliphatic heterocycles. The molecule has 0 saturated carbocycles. The molecule has 0 aliphatic rings. The summed E-state index contributed by atoms with van der Waals surface area (Å²) in [4.78, 5) is 14.4. The molecule has 0 aromatic carbocycles. The molecule has 7 heteroatoms. The first-order valence-corrected chi connectivity index (χ1v) is 4.94. The summed E-state index contributed by atoms with van der Waals surface area (Å²) >= 11 is 10.7. The molecular weight excluding hydrogens is 251 g/mol. The Morgan fingerprint density at radius 2 is 1.25 bits per heavy atom. The number of nitrogens with zero attached hydrogens (tertiary/aromatic N) is 4. The zero-order chi connectivity index (χ0) is 12.0. The van der Waals surface area contributed by atoms with Gasteiger partial charge in [0.05, 0.1) is 12.4 Å². The van der Waals surface area contributed by atoms with Crippen molar-refractivity contribution in [3.63, 3.8) is 0 Å². The SMILES string of the molecule is Cc1cnc(Cl)nc1.Oc1cnc(Cl)nc1. The summed E-state index contributed by atoms with van der Waals surface area (Å²) < 4.78 is 0. The Morgan fingerprint density at radius 1 is 0.875 bits per heavy atom. The minimum absolute atomic E-state index is 0.0226. The third kappa shape index (κ3) is 4.86. The predicted octanol–water partition coefficient (Wildman–Crippen LogP) is 2.27. The monoisotopic (exact) mass is 258 g/mol. The van der Waals surface area contributed by atoms with E-state index < -0.39 is 0 Å². The second-order valence-corrected chi connectivity index (χ2v) is 3.42. The number of aromatic nitrogens is 4. The van der Waals surface area contributed by atoms with Crippen molar-refractivity contribution in [2.75, 3.05) is 0 Å². The van der Waals surface area contributed by atoms with Gasteiger partial charge in [0, 0.05) is 12.4 Å². The minimum atomic E-state index is 0.0226. The van der Waals surface area contributed by atoms with Crippen LogP contribution in [0.15, 0.2) is 24.8 Å². The quantitative estimate of drug-likeness (QED) is 0.735. The number of halogens is 2. The van der Waals surface area contributed by atoms with Gasteiger partial charge in [-0.2, -0.15) is 0 Å². The van der Waals surface area contributed by atoms with E-state index in [2.05, 4.69) is 19.9 Å². The van der Waals surface area contributed by atoms with E-state index in [1.807, 2.05) is 6.92 Å². The number of hydrogen-bond donors (Lipinski definition) is 1. The van der Waals surface area contributed by atoms with Crippen LogP contribution in [0.4, 0.5) is 0 Å². The molecule has 0 aliphatic carbocycles. The molecule has 0 bridgehead atoms. The van der Waals surface area contributed by atoms with Crippen molar-refractivity contribution in [1.82, 2.24) is 19.9 Å². The number of aryl methyl sites for hydroxylation is 1. The number of hydrogen-bond acceptors (Lipinski definition) is 5. The maximum absolute atomic E-state index is 8.57. The molecule has 0 saturated heterocycles. The third-order valence-electron chi connectivity index (χ3n) is 1.36. The summed E-state index contributed by atoms with van der Waals surface area (Å²) in [5.74, 6) is 0.0226. The molecule has 0 amide bonds. The summed E-state index contributed by atoms with van der Waals surface area (Å²) in [5, 5.41) is 9.02. The molecular formula is C9H8Cl2N4O. The van der Waals surface area contributed by atoms with Crippen LogP contribution in [0, 0.1) is 6.92 Å². The van der Waals surface area contributed by atoms with Crippen LogP contribution in [0.25, 0.3) is 0 Å².